The molecule has 1 aliphatic rings. The zero-order valence-electron chi connectivity index (χ0n) is 11.2. The highest BCUT2D eigenvalue weighted by Gasteiger charge is 2.31. The molecule has 0 bridgehead atoms. The number of piperidine rings is 1. The van der Waals surface area contributed by atoms with E-state index in [2.05, 4.69) is 10.1 Å². The summed E-state index contributed by atoms with van der Waals surface area (Å²) in [5.41, 5.74) is 0. The van der Waals surface area contributed by atoms with Crippen LogP contribution < -0.4 is 0 Å². The van der Waals surface area contributed by atoms with Gasteiger partial charge in [0.1, 0.15) is 0 Å². The highest BCUT2D eigenvalue weighted by Crippen LogP contribution is 2.27. The van der Waals surface area contributed by atoms with Crippen LogP contribution in [0.4, 0.5) is 0 Å². The van der Waals surface area contributed by atoms with Crippen LogP contribution in [0.1, 0.15) is 30.5 Å². The fourth-order valence-electron chi connectivity index (χ4n) is 2.19. The van der Waals surface area contributed by atoms with Gasteiger partial charge in [0.05, 0.1) is 18.3 Å². The third-order valence-corrected chi connectivity index (χ3v) is 5.02. The van der Waals surface area contributed by atoms with Crippen molar-refractivity contribution in [1.82, 2.24) is 14.4 Å². The van der Waals surface area contributed by atoms with E-state index in [0.29, 0.717) is 24.8 Å². The van der Waals surface area contributed by atoms with Gasteiger partial charge in [0.25, 0.3) is 0 Å². The predicted molar refractivity (Wildman–Crippen MR) is 68.2 cm³/mol. The highest BCUT2D eigenvalue weighted by atomic mass is 32.2. The summed E-state index contributed by atoms with van der Waals surface area (Å²) >= 11 is 0. The van der Waals surface area contributed by atoms with E-state index in [1.807, 2.05) is 0 Å². The number of methoxy groups -OCH3 is 1. The molecule has 1 saturated heterocycles. The molecule has 0 spiro atoms. The van der Waals surface area contributed by atoms with E-state index in [0.717, 1.165) is 12.8 Å². The lowest BCUT2D eigenvalue weighted by molar-refractivity contribution is 0.213. The van der Waals surface area contributed by atoms with Crippen molar-refractivity contribution in [3.63, 3.8) is 0 Å². The second kappa shape index (κ2) is 5.98. The van der Waals surface area contributed by atoms with Crippen LogP contribution in [0.15, 0.2) is 4.52 Å². The Kier molecular flexibility index (Phi) is 4.54. The van der Waals surface area contributed by atoms with Gasteiger partial charge < -0.3 is 9.26 Å². The third kappa shape index (κ3) is 3.52. The van der Waals surface area contributed by atoms with Gasteiger partial charge in [0.2, 0.25) is 15.9 Å². The van der Waals surface area contributed by atoms with Crippen molar-refractivity contribution in [1.29, 1.82) is 0 Å². The van der Waals surface area contributed by atoms with Gasteiger partial charge in [-0.3, -0.25) is 0 Å². The van der Waals surface area contributed by atoms with Crippen molar-refractivity contribution in [2.75, 3.05) is 32.6 Å². The Hall–Kier alpha value is -0.990. The first-order valence-electron chi connectivity index (χ1n) is 6.30. The molecule has 1 unspecified atom stereocenters. The van der Waals surface area contributed by atoms with E-state index in [1.54, 1.807) is 6.92 Å². The molecule has 19 heavy (non-hydrogen) atoms. The van der Waals surface area contributed by atoms with Crippen molar-refractivity contribution >= 4 is 10.0 Å². The summed E-state index contributed by atoms with van der Waals surface area (Å²) in [6, 6.07) is 0. The molecule has 0 aromatic carbocycles. The standard InChI is InChI=1S/C11H19N3O4S/c1-9-12-11(18-13-9)10-4-3-5-14(8-10)19(15,16)7-6-17-2/h10H,3-8H2,1-2H3. The van der Waals surface area contributed by atoms with Gasteiger partial charge in [-0.05, 0) is 19.8 Å². The summed E-state index contributed by atoms with van der Waals surface area (Å²) in [6.07, 6.45) is 1.68. The summed E-state index contributed by atoms with van der Waals surface area (Å²) in [5.74, 6) is 1.12. The maximum atomic E-state index is 12.1. The molecular weight excluding hydrogens is 270 g/mol. The van der Waals surface area contributed by atoms with E-state index in [4.69, 9.17) is 9.26 Å². The van der Waals surface area contributed by atoms with Gasteiger partial charge >= 0.3 is 0 Å². The number of ether oxygens (including phenoxy) is 1. The molecule has 1 aromatic rings. The Balaban J connectivity index is 2.05. The van der Waals surface area contributed by atoms with Crippen molar-refractivity contribution < 1.29 is 17.7 Å². The number of nitrogens with zero attached hydrogens (tertiary/aromatic N) is 3. The Morgan fingerprint density at radius 3 is 2.95 bits per heavy atom. The molecule has 0 saturated carbocycles. The number of sulfonamides is 1. The van der Waals surface area contributed by atoms with Gasteiger partial charge in [0, 0.05) is 20.2 Å². The highest BCUT2D eigenvalue weighted by molar-refractivity contribution is 7.89. The van der Waals surface area contributed by atoms with Gasteiger partial charge in [-0.15, -0.1) is 0 Å². The van der Waals surface area contributed by atoms with Crippen LogP contribution in [0, 0.1) is 6.92 Å². The molecule has 0 aliphatic carbocycles. The van der Waals surface area contributed by atoms with E-state index in [1.165, 1.54) is 11.4 Å². The van der Waals surface area contributed by atoms with E-state index >= 15 is 0 Å². The molecule has 0 radical (unpaired) electrons. The van der Waals surface area contributed by atoms with Crippen LogP contribution >= 0.6 is 0 Å². The molecule has 1 atom stereocenters. The lowest BCUT2D eigenvalue weighted by Gasteiger charge is -2.30. The Morgan fingerprint density at radius 2 is 2.32 bits per heavy atom. The summed E-state index contributed by atoms with van der Waals surface area (Å²) in [4.78, 5) is 4.19. The first-order valence-corrected chi connectivity index (χ1v) is 7.91. The minimum Gasteiger partial charge on any atom is -0.384 e. The van der Waals surface area contributed by atoms with Crippen LogP contribution in [0.25, 0.3) is 0 Å². The van der Waals surface area contributed by atoms with Gasteiger partial charge in [-0.1, -0.05) is 5.16 Å². The van der Waals surface area contributed by atoms with Crippen LogP contribution in [-0.2, 0) is 14.8 Å². The minimum absolute atomic E-state index is 0.00716. The molecule has 2 heterocycles. The Bertz CT molecular complexity index is 514. The molecule has 0 amide bonds. The number of rotatable bonds is 5. The number of aromatic nitrogens is 2. The van der Waals surface area contributed by atoms with Crippen molar-refractivity contribution in [2.24, 2.45) is 0 Å². The molecule has 2 rings (SSSR count). The normalized spacial score (nSPS) is 21.7. The monoisotopic (exact) mass is 289 g/mol. The second-order valence-electron chi connectivity index (χ2n) is 4.69. The molecule has 1 aliphatic heterocycles. The largest absolute Gasteiger partial charge is 0.384 e. The van der Waals surface area contributed by atoms with Crippen LogP contribution in [-0.4, -0.2) is 55.4 Å². The fourth-order valence-corrected chi connectivity index (χ4v) is 3.64. The maximum absolute atomic E-state index is 12.1. The average Bonchev–Trinajstić information content (AvgIpc) is 2.83. The lowest BCUT2D eigenvalue weighted by Crippen LogP contribution is -2.41. The van der Waals surface area contributed by atoms with Crippen LogP contribution in [0.3, 0.4) is 0 Å². The fraction of sp³-hybridized carbons (Fsp3) is 0.818. The predicted octanol–water partition coefficient (Wildman–Crippen LogP) is 0.534. The molecule has 7 nitrogen and oxygen atoms in total. The zero-order chi connectivity index (χ0) is 13.9. The summed E-state index contributed by atoms with van der Waals surface area (Å²) in [5, 5.41) is 3.75. The minimum atomic E-state index is -3.26. The first-order chi connectivity index (χ1) is 9.03. The van der Waals surface area contributed by atoms with E-state index in [-0.39, 0.29) is 18.3 Å². The van der Waals surface area contributed by atoms with Crippen molar-refractivity contribution in [3.8, 4) is 0 Å². The molecule has 0 N–H and O–H groups in total. The molecule has 108 valence electrons. The van der Waals surface area contributed by atoms with E-state index < -0.39 is 10.0 Å². The van der Waals surface area contributed by atoms with E-state index in [9.17, 15) is 8.42 Å². The van der Waals surface area contributed by atoms with Crippen molar-refractivity contribution in [3.05, 3.63) is 11.7 Å². The van der Waals surface area contributed by atoms with Crippen LogP contribution in [0.5, 0.6) is 0 Å². The van der Waals surface area contributed by atoms with Gasteiger partial charge in [-0.2, -0.15) is 4.98 Å². The lowest BCUT2D eigenvalue weighted by atomic mass is 10.00. The molecule has 8 heteroatoms. The number of aryl methyl sites for hydroxylation is 1. The number of hydrogen-bond donors (Lipinski definition) is 0. The topological polar surface area (TPSA) is 85.5 Å². The van der Waals surface area contributed by atoms with Gasteiger partial charge in [0.15, 0.2) is 5.82 Å². The molecular formula is C11H19N3O4S. The smallest absolute Gasteiger partial charge is 0.231 e. The summed E-state index contributed by atoms with van der Waals surface area (Å²) in [6.45, 7) is 2.93. The Morgan fingerprint density at radius 1 is 1.53 bits per heavy atom. The number of hydrogen-bond acceptors (Lipinski definition) is 6. The molecule has 1 aromatic heterocycles. The first kappa shape index (κ1) is 14.4. The maximum Gasteiger partial charge on any atom is 0.231 e. The van der Waals surface area contributed by atoms with Crippen molar-refractivity contribution in [2.45, 2.75) is 25.7 Å². The SMILES string of the molecule is COCCS(=O)(=O)N1CCCC(c2nc(C)no2)C1. The average molecular weight is 289 g/mol. The summed E-state index contributed by atoms with van der Waals surface area (Å²) < 4.78 is 35.7. The second-order valence-corrected chi connectivity index (χ2v) is 6.77. The zero-order valence-corrected chi connectivity index (χ0v) is 12.0. The quantitative estimate of drug-likeness (QED) is 0.786. The van der Waals surface area contributed by atoms with Crippen LogP contribution in [0.2, 0.25) is 0 Å². The summed E-state index contributed by atoms with van der Waals surface area (Å²) in [7, 11) is -1.77. The molecule has 1 fully saturated rings. The Labute approximate surface area is 113 Å². The third-order valence-electron chi connectivity index (χ3n) is 3.22. The van der Waals surface area contributed by atoms with Gasteiger partial charge in [-0.25, -0.2) is 12.7 Å².